The predicted molar refractivity (Wildman–Crippen MR) is 80.3 cm³/mol. The maximum absolute atomic E-state index is 11.9. The quantitative estimate of drug-likeness (QED) is 0.591. The molecule has 1 aromatic rings. The molecule has 0 spiro atoms. The zero-order valence-corrected chi connectivity index (χ0v) is 13.4. The molecule has 7 heteroatoms. The molecule has 2 heterocycles. The third kappa shape index (κ3) is 3.59. The van der Waals surface area contributed by atoms with Crippen molar-refractivity contribution in [1.82, 2.24) is 4.98 Å². The van der Waals surface area contributed by atoms with Crippen molar-refractivity contribution in [3.63, 3.8) is 0 Å². The van der Waals surface area contributed by atoms with Gasteiger partial charge in [-0.1, -0.05) is 11.3 Å². The van der Waals surface area contributed by atoms with Gasteiger partial charge in [0.1, 0.15) is 4.88 Å². The van der Waals surface area contributed by atoms with Gasteiger partial charge in [0.25, 0.3) is 0 Å². The van der Waals surface area contributed by atoms with Crippen molar-refractivity contribution in [2.75, 3.05) is 38.3 Å². The minimum absolute atomic E-state index is 0.138. The highest BCUT2D eigenvalue weighted by Crippen LogP contribution is 2.31. The Morgan fingerprint density at radius 3 is 2.86 bits per heavy atom. The van der Waals surface area contributed by atoms with E-state index in [1.807, 2.05) is 0 Å². The monoisotopic (exact) mass is 312 g/mol. The number of hydrogen-bond donors (Lipinski definition) is 0. The van der Waals surface area contributed by atoms with Crippen LogP contribution in [0.2, 0.25) is 0 Å². The molecule has 2 rings (SSSR count). The van der Waals surface area contributed by atoms with Crippen molar-refractivity contribution < 1.29 is 19.1 Å². The number of nitrogens with zero attached hydrogens (tertiary/aromatic N) is 2. The Balaban J connectivity index is 2.20. The van der Waals surface area contributed by atoms with E-state index in [2.05, 4.69) is 9.88 Å². The molecule has 1 aromatic heterocycles. The zero-order valence-electron chi connectivity index (χ0n) is 12.5. The zero-order chi connectivity index (χ0) is 15.4. The molecule has 6 nitrogen and oxygen atoms in total. The van der Waals surface area contributed by atoms with Crippen LogP contribution in [0.1, 0.15) is 40.4 Å². The van der Waals surface area contributed by atoms with Gasteiger partial charge in [0.2, 0.25) is 0 Å². The van der Waals surface area contributed by atoms with E-state index < -0.39 is 5.97 Å². The normalized spacial score (nSPS) is 18.0. The van der Waals surface area contributed by atoms with E-state index in [9.17, 15) is 9.59 Å². The van der Waals surface area contributed by atoms with Crippen LogP contribution in [0.3, 0.4) is 0 Å². The van der Waals surface area contributed by atoms with Crippen LogP contribution in [0.4, 0.5) is 5.13 Å². The van der Waals surface area contributed by atoms with E-state index in [-0.39, 0.29) is 18.1 Å². The summed E-state index contributed by atoms with van der Waals surface area (Å²) in [7, 11) is 1.69. The first-order valence-electron chi connectivity index (χ1n) is 6.99. The van der Waals surface area contributed by atoms with Crippen LogP contribution >= 0.6 is 11.3 Å². The molecule has 1 saturated heterocycles. The predicted octanol–water partition coefficient (Wildman–Crippen LogP) is 2.00. The van der Waals surface area contributed by atoms with Gasteiger partial charge in [0, 0.05) is 33.0 Å². The molecule has 0 N–H and O–H groups in total. The van der Waals surface area contributed by atoms with Crippen LogP contribution in [0.5, 0.6) is 0 Å². The van der Waals surface area contributed by atoms with E-state index in [4.69, 9.17) is 9.47 Å². The Morgan fingerprint density at radius 2 is 2.24 bits per heavy atom. The average Bonchev–Trinajstić information content (AvgIpc) is 3.05. The molecular formula is C14H20N2O4S. The number of ether oxygens (including phenoxy) is 2. The number of carbonyl (C=O) groups excluding carboxylic acids is 2. The molecule has 116 valence electrons. The Morgan fingerprint density at radius 1 is 1.48 bits per heavy atom. The molecule has 1 aliphatic heterocycles. The van der Waals surface area contributed by atoms with E-state index in [0.717, 1.165) is 19.5 Å². The highest BCUT2D eigenvalue weighted by Gasteiger charge is 2.28. The summed E-state index contributed by atoms with van der Waals surface area (Å²) in [6.07, 6.45) is 1.03. The largest absolute Gasteiger partial charge is 0.461 e. The molecule has 1 unspecified atom stereocenters. The summed E-state index contributed by atoms with van der Waals surface area (Å²) in [5.41, 5.74) is 0.138. The van der Waals surface area contributed by atoms with Crippen molar-refractivity contribution in [2.45, 2.75) is 20.3 Å². The van der Waals surface area contributed by atoms with Gasteiger partial charge in [-0.05, 0) is 13.3 Å². The van der Waals surface area contributed by atoms with E-state index in [1.165, 1.54) is 18.3 Å². The first-order valence-corrected chi connectivity index (χ1v) is 7.81. The number of carbonyl (C=O) groups is 2. The van der Waals surface area contributed by atoms with Crippen LogP contribution < -0.4 is 4.90 Å². The van der Waals surface area contributed by atoms with Gasteiger partial charge >= 0.3 is 5.97 Å². The second kappa shape index (κ2) is 7.00. The molecule has 0 bridgehead atoms. The number of anilines is 1. The lowest BCUT2D eigenvalue weighted by Gasteiger charge is -2.14. The molecule has 0 aliphatic carbocycles. The van der Waals surface area contributed by atoms with Crippen LogP contribution in [-0.2, 0) is 9.47 Å². The Kier molecular flexibility index (Phi) is 5.30. The summed E-state index contributed by atoms with van der Waals surface area (Å²) in [5, 5.41) is 0.710. The van der Waals surface area contributed by atoms with E-state index in [1.54, 1.807) is 14.0 Å². The lowest BCUT2D eigenvalue weighted by molar-refractivity contribution is 0.0517. The van der Waals surface area contributed by atoms with Crippen molar-refractivity contribution >= 4 is 28.2 Å². The molecule has 0 amide bonds. The lowest BCUT2D eigenvalue weighted by atomic mass is 10.1. The molecule has 0 saturated carbocycles. The molecule has 0 radical (unpaired) electrons. The van der Waals surface area contributed by atoms with Crippen molar-refractivity contribution in [2.24, 2.45) is 5.92 Å². The van der Waals surface area contributed by atoms with Crippen molar-refractivity contribution in [3.05, 3.63) is 10.6 Å². The molecule has 1 atom stereocenters. The van der Waals surface area contributed by atoms with Gasteiger partial charge in [-0.25, -0.2) is 9.78 Å². The minimum atomic E-state index is -0.530. The summed E-state index contributed by atoms with van der Waals surface area (Å²) in [4.78, 5) is 30.4. The van der Waals surface area contributed by atoms with Crippen molar-refractivity contribution in [1.29, 1.82) is 0 Å². The number of ketones is 1. The maximum atomic E-state index is 11.9. The Bertz CT molecular complexity index is 529. The fourth-order valence-corrected chi connectivity index (χ4v) is 3.38. The third-order valence-electron chi connectivity index (χ3n) is 3.36. The highest BCUT2D eigenvalue weighted by molar-refractivity contribution is 7.17. The maximum Gasteiger partial charge on any atom is 0.358 e. The van der Waals surface area contributed by atoms with E-state index in [0.29, 0.717) is 22.5 Å². The molecule has 1 fully saturated rings. The van der Waals surface area contributed by atoms with Crippen LogP contribution in [0, 0.1) is 5.92 Å². The van der Waals surface area contributed by atoms with Gasteiger partial charge < -0.3 is 14.4 Å². The fourth-order valence-electron chi connectivity index (χ4n) is 2.40. The number of rotatable bonds is 6. The molecule has 21 heavy (non-hydrogen) atoms. The van der Waals surface area contributed by atoms with Crippen LogP contribution in [0.15, 0.2) is 0 Å². The molecule has 1 aliphatic rings. The van der Waals surface area contributed by atoms with Crippen LogP contribution in [-0.4, -0.2) is 50.1 Å². The summed E-state index contributed by atoms with van der Waals surface area (Å²) in [6, 6.07) is 0. The molecule has 0 aromatic carbocycles. The smallest absolute Gasteiger partial charge is 0.358 e. The summed E-state index contributed by atoms with van der Waals surface area (Å²) >= 11 is 1.26. The van der Waals surface area contributed by atoms with Crippen LogP contribution in [0.25, 0.3) is 0 Å². The van der Waals surface area contributed by atoms with Gasteiger partial charge in [-0.3, -0.25) is 4.79 Å². The highest BCUT2D eigenvalue weighted by atomic mass is 32.1. The van der Waals surface area contributed by atoms with Gasteiger partial charge in [0.05, 0.1) is 13.2 Å². The first kappa shape index (κ1) is 15.9. The second-order valence-electron chi connectivity index (χ2n) is 5.01. The van der Waals surface area contributed by atoms with Crippen molar-refractivity contribution in [3.8, 4) is 0 Å². The standard InChI is InChI=1S/C14H20N2O4S/c1-4-20-13(18)11-12(9(2)17)21-14(15-11)16-6-5-10(7-16)8-19-3/h10H,4-8H2,1-3H3. The topological polar surface area (TPSA) is 68.7 Å². The molecular weight excluding hydrogens is 292 g/mol. The SMILES string of the molecule is CCOC(=O)c1nc(N2CCC(COC)C2)sc1C(C)=O. The minimum Gasteiger partial charge on any atom is -0.461 e. The number of thiazole rings is 1. The second-order valence-corrected chi connectivity index (χ2v) is 5.98. The number of methoxy groups -OCH3 is 1. The third-order valence-corrected chi connectivity index (χ3v) is 4.58. The number of hydrogen-bond acceptors (Lipinski definition) is 7. The summed E-state index contributed by atoms with van der Waals surface area (Å²) < 4.78 is 10.1. The number of aromatic nitrogens is 1. The number of Topliss-reactive ketones (excluding diaryl/α,β-unsaturated/α-hetero) is 1. The lowest BCUT2D eigenvalue weighted by Crippen LogP contribution is -2.21. The fraction of sp³-hybridized carbons (Fsp3) is 0.643. The summed E-state index contributed by atoms with van der Waals surface area (Å²) in [5.74, 6) is -0.224. The Hall–Kier alpha value is -1.47. The van der Waals surface area contributed by atoms with E-state index >= 15 is 0 Å². The summed E-state index contributed by atoms with van der Waals surface area (Å²) in [6.45, 7) is 5.85. The van der Waals surface area contributed by atoms with Gasteiger partial charge in [0.15, 0.2) is 16.6 Å². The van der Waals surface area contributed by atoms with Gasteiger partial charge in [-0.15, -0.1) is 0 Å². The average molecular weight is 312 g/mol. The number of esters is 1. The Labute approximate surface area is 128 Å². The van der Waals surface area contributed by atoms with Gasteiger partial charge in [-0.2, -0.15) is 0 Å². The first-order chi connectivity index (χ1) is 10.1.